The molecule has 0 fully saturated rings. The Hall–Kier alpha value is -2.95. The van der Waals surface area contributed by atoms with E-state index in [1.165, 1.54) is 29.7 Å². The first-order chi connectivity index (χ1) is 12.8. The molecule has 3 aromatic rings. The predicted molar refractivity (Wildman–Crippen MR) is 91.3 cm³/mol. The first-order valence-corrected chi connectivity index (χ1v) is 8.55. The zero-order chi connectivity index (χ0) is 19.4. The second-order valence-electron chi connectivity index (χ2n) is 5.53. The maximum atomic E-state index is 12.2. The Kier molecular flexibility index (Phi) is 5.40. The van der Waals surface area contributed by atoms with Gasteiger partial charge in [0.25, 0.3) is 5.91 Å². The van der Waals surface area contributed by atoms with Crippen molar-refractivity contribution in [2.75, 3.05) is 6.61 Å². The third-order valence-electron chi connectivity index (χ3n) is 3.32. The van der Waals surface area contributed by atoms with Crippen molar-refractivity contribution in [1.82, 2.24) is 25.1 Å². The molecule has 0 aliphatic carbocycles. The van der Waals surface area contributed by atoms with Crippen molar-refractivity contribution >= 4 is 17.2 Å². The highest BCUT2D eigenvalue weighted by Gasteiger charge is 2.28. The van der Waals surface area contributed by atoms with Crippen LogP contribution in [0.1, 0.15) is 16.1 Å². The number of aromatic nitrogens is 4. The summed E-state index contributed by atoms with van der Waals surface area (Å²) in [4.78, 5) is 20.3. The van der Waals surface area contributed by atoms with Crippen molar-refractivity contribution in [3.8, 4) is 16.5 Å². The van der Waals surface area contributed by atoms with Crippen LogP contribution in [0.3, 0.4) is 0 Å². The lowest BCUT2D eigenvalue weighted by Crippen LogP contribution is -2.23. The third-order valence-corrected chi connectivity index (χ3v) is 4.21. The standard InChI is InChI=1S/C16H14F3N5O2S/c1-24-7-11(6-22-24)15-23-12(8-27-15)14(25)21-5-10-2-3-13(20-4-10)26-9-16(17,18)19/h2-4,6-8H,5,9H2,1H3,(H,21,25). The summed E-state index contributed by atoms with van der Waals surface area (Å²) < 4.78 is 42.5. The Balaban J connectivity index is 1.54. The molecule has 0 aliphatic heterocycles. The average molecular weight is 397 g/mol. The smallest absolute Gasteiger partial charge is 0.422 e. The molecular formula is C16H14F3N5O2S. The van der Waals surface area contributed by atoms with Crippen molar-refractivity contribution in [3.63, 3.8) is 0 Å². The molecule has 3 aromatic heterocycles. The Morgan fingerprint density at radius 2 is 2.15 bits per heavy atom. The second kappa shape index (κ2) is 7.74. The molecule has 7 nitrogen and oxygen atoms in total. The number of thiazole rings is 1. The maximum Gasteiger partial charge on any atom is 0.422 e. The van der Waals surface area contributed by atoms with Crippen LogP contribution in [0.2, 0.25) is 0 Å². The number of carbonyl (C=O) groups is 1. The zero-order valence-electron chi connectivity index (χ0n) is 14.0. The average Bonchev–Trinajstić information content (AvgIpc) is 3.27. The van der Waals surface area contributed by atoms with Gasteiger partial charge in [0.2, 0.25) is 5.88 Å². The van der Waals surface area contributed by atoms with Crippen LogP contribution in [-0.2, 0) is 13.6 Å². The lowest BCUT2D eigenvalue weighted by atomic mass is 10.3. The fraction of sp³-hybridized carbons (Fsp3) is 0.250. The fourth-order valence-corrected chi connectivity index (χ4v) is 2.85. The van der Waals surface area contributed by atoms with Crippen LogP contribution in [0.5, 0.6) is 5.88 Å². The van der Waals surface area contributed by atoms with Gasteiger partial charge in [-0.15, -0.1) is 11.3 Å². The highest BCUT2D eigenvalue weighted by atomic mass is 32.1. The molecule has 0 aliphatic rings. The fourth-order valence-electron chi connectivity index (χ4n) is 2.07. The van der Waals surface area contributed by atoms with Gasteiger partial charge < -0.3 is 10.1 Å². The first kappa shape index (κ1) is 18.8. The van der Waals surface area contributed by atoms with E-state index in [1.54, 1.807) is 29.5 Å². The molecule has 0 spiro atoms. The minimum absolute atomic E-state index is 0.136. The largest absolute Gasteiger partial charge is 0.468 e. The molecule has 0 saturated heterocycles. The van der Waals surface area contributed by atoms with E-state index >= 15 is 0 Å². The van der Waals surface area contributed by atoms with Gasteiger partial charge in [0.15, 0.2) is 6.61 Å². The van der Waals surface area contributed by atoms with Crippen molar-refractivity contribution in [1.29, 1.82) is 0 Å². The number of hydrogen-bond acceptors (Lipinski definition) is 6. The molecule has 27 heavy (non-hydrogen) atoms. The predicted octanol–water partition coefficient (Wildman–Crippen LogP) is 2.81. The number of carbonyl (C=O) groups excluding carboxylic acids is 1. The minimum Gasteiger partial charge on any atom is -0.468 e. The van der Waals surface area contributed by atoms with Crippen molar-refractivity contribution < 1.29 is 22.7 Å². The van der Waals surface area contributed by atoms with Crippen molar-refractivity contribution in [2.24, 2.45) is 7.05 Å². The number of ether oxygens (including phenoxy) is 1. The van der Waals surface area contributed by atoms with E-state index in [0.29, 0.717) is 10.6 Å². The molecule has 3 heterocycles. The Bertz CT molecular complexity index is 921. The SMILES string of the molecule is Cn1cc(-c2nc(C(=O)NCc3ccc(OCC(F)(F)F)nc3)cs2)cn1. The number of hydrogen-bond donors (Lipinski definition) is 1. The number of amides is 1. The Morgan fingerprint density at radius 3 is 2.78 bits per heavy atom. The quantitative estimate of drug-likeness (QED) is 0.692. The van der Waals surface area contributed by atoms with Gasteiger partial charge in [0.05, 0.1) is 6.20 Å². The van der Waals surface area contributed by atoms with Crippen molar-refractivity contribution in [2.45, 2.75) is 12.7 Å². The summed E-state index contributed by atoms with van der Waals surface area (Å²) in [5.41, 5.74) is 1.71. The third kappa shape index (κ3) is 5.26. The second-order valence-corrected chi connectivity index (χ2v) is 6.39. The molecule has 0 radical (unpaired) electrons. The van der Waals surface area contributed by atoms with E-state index in [2.05, 4.69) is 25.1 Å². The number of pyridine rings is 1. The molecule has 1 N–H and O–H groups in total. The highest BCUT2D eigenvalue weighted by Crippen LogP contribution is 2.23. The van der Waals surface area contributed by atoms with Crippen LogP contribution in [0, 0.1) is 0 Å². The number of halogens is 3. The molecular weight excluding hydrogens is 383 g/mol. The minimum atomic E-state index is -4.42. The molecule has 142 valence electrons. The van der Waals surface area contributed by atoms with Gasteiger partial charge in [0.1, 0.15) is 10.7 Å². The van der Waals surface area contributed by atoms with E-state index in [-0.39, 0.29) is 24.0 Å². The number of rotatable bonds is 6. The van der Waals surface area contributed by atoms with Crippen LogP contribution >= 0.6 is 11.3 Å². The number of nitrogens with one attached hydrogen (secondary N) is 1. The van der Waals surface area contributed by atoms with E-state index < -0.39 is 12.8 Å². The molecule has 1 amide bonds. The van der Waals surface area contributed by atoms with E-state index in [4.69, 9.17) is 0 Å². The van der Waals surface area contributed by atoms with Gasteiger partial charge in [-0.1, -0.05) is 6.07 Å². The summed E-state index contributed by atoms with van der Waals surface area (Å²) in [5, 5.41) is 9.07. The topological polar surface area (TPSA) is 81.9 Å². The summed E-state index contributed by atoms with van der Waals surface area (Å²) in [6, 6.07) is 2.84. The van der Waals surface area contributed by atoms with Gasteiger partial charge >= 0.3 is 6.18 Å². The van der Waals surface area contributed by atoms with Gasteiger partial charge in [-0.25, -0.2) is 9.97 Å². The first-order valence-electron chi connectivity index (χ1n) is 7.67. The molecule has 0 atom stereocenters. The van der Waals surface area contributed by atoms with E-state index in [1.807, 2.05) is 0 Å². The van der Waals surface area contributed by atoms with Crippen LogP contribution in [0.4, 0.5) is 13.2 Å². The van der Waals surface area contributed by atoms with Crippen LogP contribution < -0.4 is 10.1 Å². The van der Waals surface area contributed by atoms with Gasteiger partial charge in [-0.05, 0) is 5.56 Å². The monoisotopic (exact) mass is 397 g/mol. The number of aryl methyl sites for hydroxylation is 1. The van der Waals surface area contributed by atoms with Crippen LogP contribution in [-0.4, -0.2) is 38.4 Å². The molecule has 0 unspecified atom stereocenters. The number of alkyl halides is 3. The summed E-state index contributed by atoms with van der Waals surface area (Å²) in [6.07, 6.45) is 0.383. The molecule has 0 aromatic carbocycles. The van der Waals surface area contributed by atoms with Crippen molar-refractivity contribution in [3.05, 3.63) is 47.4 Å². The summed E-state index contributed by atoms with van der Waals surface area (Å²) in [5.74, 6) is -0.498. The summed E-state index contributed by atoms with van der Waals surface area (Å²) >= 11 is 1.33. The Morgan fingerprint density at radius 1 is 1.33 bits per heavy atom. The lowest BCUT2D eigenvalue weighted by Gasteiger charge is -2.08. The normalized spacial score (nSPS) is 11.4. The molecule has 11 heteroatoms. The molecule has 0 bridgehead atoms. The summed E-state index contributed by atoms with van der Waals surface area (Å²) in [7, 11) is 1.79. The van der Waals surface area contributed by atoms with E-state index in [9.17, 15) is 18.0 Å². The van der Waals surface area contributed by atoms with E-state index in [0.717, 1.165) is 5.56 Å². The molecule has 3 rings (SSSR count). The number of nitrogens with zero attached hydrogens (tertiary/aromatic N) is 4. The van der Waals surface area contributed by atoms with Crippen LogP contribution in [0.25, 0.3) is 10.6 Å². The lowest BCUT2D eigenvalue weighted by molar-refractivity contribution is -0.154. The van der Waals surface area contributed by atoms with Gasteiger partial charge in [0, 0.05) is 43.0 Å². The Labute approximate surface area is 155 Å². The van der Waals surface area contributed by atoms with Gasteiger partial charge in [-0.2, -0.15) is 18.3 Å². The van der Waals surface area contributed by atoms with Crippen LogP contribution in [0.15, 0.2) is 36.1 Å². The maximum absolute atomic E-state index is 12.2. The summed E-state index contributed by atoms with van der Waals surface area (Å²) in [6.45, 7) is -1.25. The van der Waals surface area contributed by atoms with Gasteiger partial charge in [-0.3, -0.25) is 9.48 Å². The zero-order valence-corrected chi connectivity index (χ0v) is 14.8. The molecule has 0 saturated carbocycles. The highest BCUT2D eigenvalue weighted by molar-refractivity contribution is 7.13.